The van der Waals surface area contributed by atoms with Crippen LogP contribution in [0.5, 0.6) is 0 Å². The maximum absolute atomic E-state index is 12.5. The normalized spacial score (nSPS) is 10.2. The summed E-state index contributed by atoms with van der Waals surface area (Å²) in [6.07, 6.45) is -1.45. The Morgan fingerprint density at radius 3 is 2.54 bits per heavy atom. The Balaban J connectivity index is 3.43. The monoisotopic (exact) mass is 406 g/mol. The molecule has 0 atom stereocenters. The van der Waals surface area contributed by atoms with Crippen molar-refractivity contribution in [2.24, 2.45) is 0 Å². The number of nitriles is 1. The zero-order valence-electron chi connectivity index (χ0n) is 6.06. The van der Waals surface area contributed by atoms with Gasteiger partial charge < -0.3 is 0 Å². The van der Waals surface area contributed by atoms with Gasteiger partial charge in [-0.1, -0.05) is 0 Å². The van der Waals surface area contributed by atoms with Gasteiger partial charge >= 0.3 is 0 Å². The van der Waals surface area contributed by atoms with Gasteiger partial charge in [-0.2, -0.15) is 5.26 Å². The number of halogens is 4. The zero-order valence-corrected chi connectivity index (χ0v) is 10.4. The van der Waals surface area contributed by atoms with Crippen molar-refractivity contribution in [1.29, 1.82) is 5.26 Å². The summed E-state index contributed by atoms with van der Waals surface area (Å²) in [4.78, 5) is 3.82. The average Bonchev–Trinajstić information content (AvgIpc) is 2.08. The van der Waals surface area contributed by atoms with Gasteiger partial charge in [0.2, 0.25) is 0 Å². The van der Waals surface area contributed by atoms with E-state index in [0.29, 0.717) is 7.27 Å². The number of hydrogen-bond acceptors (Lipinski definition) is 2. The second-order valence-electron chi connectivity index (χ2n) is 2.10. The van der Waals surface area contributed by atoms with Crippen LogP contribution in [0.25, 0.3) is 0 Å². The zero-order chi connectivity index (χ0) is 10.0. The minimum absolute atomic E-state index is 0.0557. The van der Waals surface area contributed by atoms with Crippen molar-refractivity contribution in [3.05, 3.63) is 24.6 Å². The Bertz CT molecular complexity index is 373. The fourth-order valence-corrected chi connectivity index (χ4v) is 1.87. The summed E-state index contributed by atoms with van der Waals surface area (Å²) >= 11 is 3.62. The van der Waals surface area contributed by atoms with E-state index in [9.17, 15) is 8.78 Å². The van der Waals surface area contributed by atoms with Crippen molar-refractivity contribution in [1.82, 2.24) is 4.98 Å². The Morgan fingerprint density at radius 1 is 1.46 bits per heavy atom. The summed E-state index contributed by atoms with van der Waals surface area (Å²) in [6, 6.07) is 1.69. The molecule has 0 amide bonds. The lowest BCUT2D eigenvalue weighted by Crippen LogP contribution is -1.99. The van der Waals surface area contributed by atoms with E-state index in [1.807, 2.05) is 22.6 Å². The number of nitrogens with zero attached hydrogens (tertiary/aromatic N) is 2. The van der Waals surface area contributed by atoms with Gasteiger partial charge in [0.1, 0.15) is 9.77 Å². The standard InChI is InChI=1S/C7H2F2I2N2/c8-6(9)4-3(1-12)2-13-7(11)5(4)10/h2,6H. The fraction of sp³-hybridized carbons (Fsp3) is 0.143. The van der Waals surface area contributed by atoms with Crippen molar-refractivity contribution >= 4 is 45.2 Å². The minimum Gasteiger partial charge on any atom is -0.248 e. The highest BCUT2D eigenvalue weighted by molar-refractivity contribution is 14.1. The van der Waals surface area contributed by atoms with Gasteiger partial charge in [0.05, 0.1) is 14.7 Å². The van der Waals surface area contributed by atoms with Crippen LogP contribution in [0.2, 0.25) is 0 Å². The Kier molecular flexibility index (Phi) is 3.78. The molecule has 0 spiro atoms. The van der Waals surface area contributed by atoms with E-state index in [0.717, 1.165) is 0 Å². The lowest BCUT2D eigenvalue weighted by molar-refractivity contribution is 0.150. The third kappa shape index (κ3) is 2.25. The van der Waals surface area contributed by atoms with Crippen molar-refractivity contribution in [2.75, 3.05) is 0 Å². The first-order valence-corrected chi connectivity index (χ1v) is 5.25. The smallest absolute Gasteiger partial charge is 0.248 e. The highest BCUT2D eigenvalue weighted by Crippen LogP contribution is 2.29. The molecule has 13 heavy (non-hydrogen) atoms. The molecule has 0 aliphatic carbocycles. The summed E-state index contributed by atoms with van der Waals surface area (Å²) in [5, 5.41) is 8.55. The SMILES string of the molecule is N#Cc1cnc(I)c(I)c1C(F)F. The van der Waals surface area contributed by atoms with E-state index in [2.05, 4.69) is 4.98 Å². The first-order chi connectivity index (χ1) is 6.07. The molecular formula is C7H2F2I2N2. The van der Waals surface area contributed by atoms with Crippen molar-refractivity contribution in [3.63, 3.8) is 0 Å². The van der Waals surface area contributed by atoms with Crippen LogP contribution in [0.4, 0.5) is 8.78 Å². The lowest BCUT2D eigenvalue weighted by atomic mass is 10.2. The molecule has 0 unspecified atom stereocenters. The first-order valence-electron chi connectivity index (χ1n) is 3.10. The topological polar surface area (TPSA) is 36.7 Å². The Hall–Kier alpha value is -0.0400. The highest BCUT2D eigenvalue weighted by atomic mass is 127. The molecule has 0 aromatic carbocycles. The molecule has 68 valence electrons. The third-order valence-electron chi connectivity index (χ3n) is 1.35. The van der Waals surface area contributed by atoms with Gasteiger partial charge in [0.25, 0.3) is 6.43 Å². The average molecular weight is 406 g/mol. The summed E-state index contributed by atoms with van der Waals surface area (Å²) in [5.74, 6) is 0. The largest absolute Gasteiger partial charge is 0.266 e. The molecule has 1 aromatic rings. The highest BCUT2D eigenvalue weighted by Gasteiger charge is 2.19. The molecule has 2 nitrogen and oxygen atoms in total. The quantitative estimate of drug-likeness (QED) is 0.531. The molecule has 1 rings (SSSR count). The van der Waals surface area contributed by atoms with Crippen LogP contribution in [0.1, 0.15) is 17.6 Å². The molecule has 0 saturated carbocycles. The molecule has 0 bridgehead atoms. The number of rotatable bonds is 1. The Morgan fingerprint density at radius 2 is 2.08 bits per heavy atom. The van der Waals surface area contributed by atoms with Crippen molar-refractivity contribution in [3.8, 4) is 6.07 Å². The van der Waals surface area contributed by atoms with Gasteiger partial charge in [-0.25, -0.2) is 13.8 Å². The van der Waals surface area contributed by atoms with Crippen molar-refractivity contribution < 1.29 is 8.78 Å². The molecule has 0 aliphatic heterocycles. The van der Waals surface area contributed by atoms with Gasteiger partial charge in [-0.15, -0.1) is 0 Å². The maximum Gasteiger partial charge on any atom is 0.266 e. The second kappa shape index (κ2) is 4.45. The van der Waals surface area contributed by atoms with E-state index < -0.39 is 6.43 Å². The van der Waals surface area contributed by atoms with Crippen LogP contribution >= 0.6 is 45.2 Å². The van der Waals surface area contributed by atoms with E-state index in [-0.39, 0.29) is 11.1 Å². The molecule has 1 aromatic heterocycles. The number of alkyl halides is 2. The molecule has 0 N–H and O–H groups in total. The fourth-order valence-electron chi connectivity index (χ4n) is 0.779. The summed E-state index contributed by atoms with van der Waals surface area (Å²) < 4.78 is 25.8. The first kappa shape index (κ1) is 11.0. The predicted molar refractivity (Wildman–Crippen MR) is 59.3 cm³/mol. The summed E-state index contributed by atoms with van der Waals surface area (Å²) in [7, 11) is 0. The minimum atomic E-state index is -2.63. The van der Waals surface area contributed by atoms with E-state index in [1.165, 1.54) is 6.20 Å². The lowest BCUT2D eigenvalue weighted by Gasteiger charge is -2.05. The molecule has 6 heteroatoms. The summed E-state index contributed by atoms with van der Waals surface area (Å²) in [5.41, 5.74) is -0.276. The second-order valence-corrected chi connectivity index (χ2v) is 4.20. The van der Waals surface area contributed by atoms with E-state index in [4.69, 9.17) is 5.26 Å². The molecule has 0 saturated heterocycles. The molecule has 0 fully saturated rings. The molecule has 0 radical (unpaired) electrons. The molecular weight excluding hydrogens is 404 g/mol. The van der Waals surface area contributed by atoms with Gasteiger partial charge in [-0.3, -0.25) is 0 Å². The van der Waals surface area contributed by atoms with Gasteiger partial charge in [0, 0.05) is 6.20 Å². The number of hydrogen-bond donors (Lipinski definition) is 0. The van der Waals surface area contributed by atoms with Crippen LogP contribution in [0.15, 0.2) is 6.20 Å². The third-order valence-corrected chi connectivity index (χ3v) is 4.30. The summed E-state index contributed by atoms with van der Waals surface area (Å²) in [6.45, 7) is 0. The van der Waals surface area contributed by atoms with Crippen LogP contribution < -0.4 is 0 Å². The van der Waals surface area contributed by atoms with Crippen molar-refractivity contribution in [2.45, 2.75) is 6.43 Å². The number of aromatic nitrogens is 1. The van der Waals surface area contributed by atoms with Crippen LogP contribution in [-0.2, 0) is 0 Å². The maximum atomic E-state index is 12.5. The Labute approximate surface area is 101 Å². The van der Waals surface area contributed by atoms with Crippen LogP contribution in [-0.4, -0.2) is 4.98 Å². The van der Waals surface area contributed by atoms with E-state index in [1.54, 1.807) is 28.7 Å². The number of pyridine rings is 1. The van der Waals surface area contributed by atoms with Gasteiger partial charge in [0.15, 0.2) is 0 Å². The van der Waals surface area contributed by atoms with Crippen LogP contribution in [0, 0.1) is 18.6 Å². The predicted octanol–water partition coefficient (Wildman–Crippen LogP) is 3.10. The van der Waals surface area contributed by atoms with Crippen LogP contribution in [0.3, 0.4) is 0 Å². The molecule has 1 heterocycles. The molecule has 0 aliphatic rings. The van der Waals surface area contributed by atoms with E-state index >= 15 is 0 Å². The van der Waals surface area contributed by atoms with Gasteiger partial charge in [-0.05, 0) is 45.2 Å².